The molecule has 30 heavy (non-hydrogen) atoms. The molecule has 1 aliphatic heterocycles. The minimum Gasteiger partial charge on any atom is -0.322 e. The number of nitrogens with zero attached hydrogens (tertiary/aromatic N) is 2. The molecule has 3 aromatic carbocycles. The molecule has 1 aliphatic rings. The fourth-order valence-corrected chi connectivity index (χ4v) is 5.26. The number of carbonyl (C=O) groups is 1. The molecule has 0 unspecified atom stereocenters. The lowest BCUT2D eigenvalue weighted by molar-refractivity contribution is 0.102. The molecular weight excluding hydrogens is 398 g/mol. The lowest BCUT2D eigenvalue weighted by Gasteiger charge is -2.33. The largest absolute Gasteiger partial charge is 0.322 e. The molecule has 3 aromatic rings. The van der Waals surface area contributed by atoms with Crippen molar-refractivity contribution in [2.24, 2.45) is 0 Å². The van der Waals surface area contributed by atoms with Crippen LogP contribution in [-0.4, -0.2) is 56.3 Å². The van der Waals surface area contributed by atoms with Crippen molar-refractivity contribution in [3.05, 3.63) is 72.3 Å². The molecule has 1 fully saturated rings. The molecule has 7 heteroatoms. The van der Waals surface area contributed by atoms with E-state index in [-0.39, 0.29) is 10.8 Å². The number of benzene rings is 3. The Morgan fingerprint density at radius 2 is 1.63 bits per heavy atom. The van der Waals surface area contributed by atoms with Gasteiger partial charge < -0.3 is 10.2 Å². The van der Waals surface area contributed by atoms with Gasteiger partial charge in [0.05, 0.1) is 4.90 Å². The molecule has 0 radical (unpaired) electrons. The van der Waals surface area contributed by atoms with Crippen molar-refractivity contribution in [1.29, 1.82) is 0 Å². The highest BCUT2D eigenvalue weighted by molar-refractivity contribution is 7.89. The molecule has 0 saturated carbocycles. The third kappa shape index (κ3) is 4.09. The quantitative estimate of drug-likeness (QED) is 0.683. The van der Waals surface area contributed by atoms with E-state index < -0.39 is 10.0 Å². The smallest absolute Gasteiger partial charge is 0.256 e. The number of hydrogen-bond acceptors (Lipinski definition) is 4. The molecule has 0 atom stereocenters. The van der Waals surface area contributed by atoms with Crippen LogP contribution in [0.25, 0.3) is 10.8 Å². The van der Waals surface area contributed by atoms with Crippen molar-refractivity contribution in [2.75, 3.05) is 38.0 Å². The maximum atomic E-state index is 13.1. The summed E-state index contributed by atoms with van der Waals surface area (Å²) in [5.74, 6) is -0.266. The van der Waals surface area contributed by atoms with Gasteiger partial charge in [-0.15, -0.1) is 0 Å². The zero-order valence-corrected chi connectivity index (χ0v) is 17.7. The predicted octanol–water partition coefficient (Wildman–Crippen LogP) is 3.42. The summed E-state index contributed by atoms with van der Waals surface area (Å²) in [6.45, 7) is 5.40. The van der Waals surface area contributed by atoms with Crippen molar-refractivity contribution in [2.45, 2.75) is 11.8 Å². The highest BCUT2D eigenvalue weighted by atomic mass is 32.2. The van der Waals surface area contributed by atoms with Crippen LogP contribution in [0, 0.1) is 0 Å². The summed E-state index contributed by atoms with van der Waals surface area (Å²) in [5, 5.41) is 4.69. The number of anilines is 1. The Morgan fingerprint density at radius 3 is 2.40 bits per heavy atom. The number of carbonyl (C=O) groups excluding carboxylic acids is 1. The molecule has 0 aromatic heterocycles. The first-order valence-corrected chi connectivity index (χ1v) is 11.5. The maximum Gasteiger partial charge on any atom is 0.256 e. The monoisotopic (exact) mass is 423 g/mol. The topological polar surface area (TPSA) is 69.7 Å². The van der Waals surface area contributed by atoms with E-state index in [0.717, 1.165) is 30.4 Å². The van der Waals surface area contributed by atoms with Gasteiger partial charge in [0.15, 0.2) is 0 Å². The van der Waals surface area contributed by atoms with Gasteiger partial charge in [-0.2, -0.15) is 4.31 Å². The van der Waals surface area contributed by atoms with Crippen molar-refractivity contribution in [1.82, 2.24) is 9.21 Å². The summed E-state index contributed by atoms with van der Waals surface area (Å²) in [7, 11) is -3.60. The summed E-state index contributed by atoms with van der Waals surface area (Å²) in [6, 6.07) is 19.7. The Labute approximate surface area is 177 Å². The minimum atomic E-state index is -3.60. The number of rotatable bonds is 5. The SMILES string of the molecule is CCN1CCN(S(=O)(=O)c2cccc(NC(=O)c3cccc4ccccc34)c2)CC1. The number of nitrogens with one attached hydrogen (secondary N) is 1. The molecule has 1 N–H and O–H groups in total. The van der Waals surface area contributed by atoms with Crippen LogP contribution in [-0.2, 0) is 10.0 Å². The van der Waals surface area contributed by atoms with Gasteiger partial charge in [-0.25, -0.2) is 8.42 Å². The maximum absolute atomic E-state index is 13.1. The Bertz CT molecular complexity index is 1160. The molecule has 6 nitrogen and oxygen atoms in total. The van der Waals surface area contributed by atoms with Gasteiger partial charge in [-0.05, 0) is 41.6 Å². The molecule has 1 heterocycles. The lowest BCUT2D eigenvalue weighted by atomic mass is 10.0. The molecular formula is C23H25N3O3S. The summed E-state index contributed by atoms with van der Waals surface area (Å²) >= 11 is 0. The van der Waals surface area contributed by atoms with Gasteiger partial charge in [-0.3, -0.25) is 4.79 Å². The normalized spacial score (nSPS) is 15.9. The average Bonchev–Trinajstić information content (AvgIpc) is 2.79. The standard InChI is InChI=1S/C23H25N3O3S/c1-2-25-13-15-26(16-14-25)30(28,29)20-10-6-9-19(17-20)24-23(27)22-12-5-8-18-7-3-4-11-21(18)22/h3-12,17H,2,13-16H2,1H3,(H,24,27). The second-order valence-electron chi connectivity index (χ2n) is 7.35. The van der Waals surface area contributed by atoms with E-state index in [4.69, 9.17) is 0 Å². The average molecular weight is 424 g/mol. The summed E-state index contributed by atoms with van der Waals surface area (Å²) in [4.78, 5) is 15.3. The number of sulfonamides is 1. The van der Waals surface area contributed by atoms with E-state index in [1.54, 1.807) is 24.3 Å². The molecule has 0 spiro atoms. The van der Waals surface area contributed by atoms with Gasteiger partial charge in [0.1, 0.15) is 0 Å². The van der Waals surface area contributed by atoms with Crippen LogP contribution >= 0.6 is 0 Å². The van der Waals surface area contributed by atoms with Gasteiger partial charge in [0, 0.05) is 37.4 Å². The molecule has 1 amide bonds. The van der Waals surface area contributed by atoms with E-state index in [0.29, 0.717) is 24.3 Å². The van der Waals surface area contributed by atoms with Crippen LogP contribution in [0.15, 0.2) is 71.6 Å². The first-order valence-electron chi connectivity index (χ1n) is 10.1. The highest BCUT2D eigenvalue weighted by Crippen LogP contribution is 2.23. The van der Waals surface area contributed by atoms with Crippen LogP contribution in [0.5, 0.6) is 0 Å². The number of likely N-dealkylation sites (N-methyl/N-ethyl adjacent to an activating group) is 1. The van der Waals surface area contributed by atoms with Crippen LogP contribution in [0.2, 0.25) is 0 Å². The molecule has 0 bridgehead atoms. The zero-order chi connectivity index (χ0) is 21.1. The van der Waals surface area contributed by atoms with Crippen LogP contribution < -0.4 is 5.32 Å². The highest BCUT2D eigenvalue weighted by Gasteiger charge is 2.28. The van der Waals surface area contributed by atoms with Crippen molar-refractivity contribution >= 4 is 32.4 Å². The molecule has 4 rings (SSSR count). The fraction of sp³-hybridized carbons (Fsp3) is 0.261. The van der Waals surface area contributed by atoms with Gasteiger partial charge >= 0.3 is 0 Å². The molecule has 156 valence electrons. The zero-order valence-electron chi connectivity index (χ0n) is 16.9. The second kappa shape index (κ2) is 8.55. The van der Waals surface area contributed by atoms with E-state index in [1.165, 1.54) is 10.4 Å². The Balaban J connectivity index is 1.55. The first-order chi connectivity index (χ1) is 14.5. The predicted molar refractivity (Wildman–Crippen MR) is 119 cm³/mol. The summed E-state index contributed by atoms with van der Waals surface area (Å²) in [6.07, 6.45) is 0. The molecule has 0 aliphatic carbocycles. The fourth-order valence-electron chi connectivity index (χ4n) is 3.79. The second-order valence-corrected chi connectivity index (χ2v) is 9.28. The van der Waals surface area contributed by atoms with Crippen LogP contribution in [0.4, 0.5) is 5.69 Å². The Kier molecular flexibility index (Phi) is 5.85. The van der Waals surface area contributed by atoms with Crippen molar-refractivity contribution in [3.8, 4) is 0 Å². The van der Waals surface area contributed by atoms with Crippen molar-refractivity contribution < 1.29 is 13.2 Å². The van der Waals surface area contributed by atoms with E-state index in [2.05, 4.69) is 17.1 Å². The third-order valence-electron chi connectivity index (χ3n) is 5.54. The van der Waals surface area contributed by atoms with E-state index in [1.807, 2.05) is 36.4 Å². The van der Waals surface area contributed by atoms with Crippen LogP contribution in [0.1, 0.15) is 17.3 Å². The van der Waals surface area contributed by atoms with Crippen molar-refractivity contribution in [3.63, 3.8) is 0 Å². The number of fused-ring (bicyclic) bond motifs is 1. The van der Waals surface area contributed by atoms with Gasteiger partial charge in [0.2, 0.25) is 10.0 Å². The lowest BCUT2D eigenvalue weighted by Crippen LogP contribution is -2.48. The minimum absolute atomic E-state index is 0.197. The van der Waals surface area contributed by atoms with E-state index in [9.17, 15) is 13.2 Å². The Hall–Kier alpha value is -2.74. The number of piperazine rings is 1. The summed E-state index contributed by atoms with van der Waals surface area (Å²) < 4.78 is 27.6. The van der Waals surface area contributed by atoms with Gasteiger partial charge in [-0.1, -0.05) is 49.4 Å². The van der Waals surface area contributed by atoms with E-state index >= 15 is 0 Å². The number of hydrogen-bond donors (Lipinski definition) is 1. The first kappa shape index (κ1) is 20.5. The number of amides is 1. The van der Waals surface area contributed by atoms with Crippen LogP contribution in [0.3, 0.4) is 0 Å². The van der Waals surface area contributed by atoms with Gasteiger partial charge in [0.25, 0.3) is 5.91 Å². The molecule has 1 saturated heterocycles. The third-order valence-corrected chi connectivity index (χ3v) is 7.44. The summed E-state index contributed by atoms with van der Waals surface area (Å²) in [5.41, 5.74) is 1.01. The Morgan fingerprint density at radius 1 is 0.933 bits per heavy atom.